The highest BCUT2D eigenvalue weighted by molar-refractivity contribution is 7.90. The number of Topliss-reactive ketones (excluding diaryl/α,β-unsaturated/α-hetero) is 1. The van der Waals surface area contributed by atoms with Crippen LogP contribution in [0.4, 0.5) is 11.4 Å². The molecule has 210 valence electrons. The van der Waals surface area contributed by atoms with Gasteiger partial charge in [-0.25, -0.2) is 13.1 Å². The molecular weight excluding hydrogens is 538 g/mol. The van der Waals surface area contributed by atoms with Gasteiger partial charge >= 0.3 is 0 Å². The fraction of sp³-hybridized carbons (Fsp3) is 0.286. The lowest BCUT2D eigenvalue weighted by Gasteiger charge is -2.22. The van der Waals surface area contributed by atoms with Gasteiger partial charge in [0.2, 0.25) is 0 Å². The highest BCUT2D eigenvalue weighted by Gasteiger charge is 2.27. The summed E-state index contributed by atoms with van der Waals surface area (Å²) in [5.41, 5.74) is -0.333. The molecule has 4 rings (SSSR count). The summed E-state index contributed by atoms with van der Waals surface area (Å²) in [6, 6.07) is 16.1. The molecule has 1 fully saturated rings. The summed E-state index contributed by atoms with van der Waals surface area (Å²) in [5.74, 6) is -0.829. The topological polar surface area (TPSA) is 154 Å². The van der Waals surface area contributed by atoms with Gasteiger partial charge in [-0.1, -0.05) is 31.2 Å². The molecule has 0 atom stereocenters. The largest absolute Gasteiger partial charge is 0.456 e. The zero-order valence-corrected chi connectivity index (χ0v) is 22.6. The van der Waals surface area contributed by atoms with Gasteiger partial charge in [0.25, 0.3) is 21.6 Å². The summed E-state index contributed by atoms with van der Waals surface area (Å²) in [4.78, 5) is 36.4. The van der Waals surface area contributed by atoms with Crippen LogP contribution in [0.2, 0.25) is 0 Å². The van der Waals surface area contributed by atoms with E-state index in [-0.39, 0.29) is 40.7 Å². The number of sulfonamides is 1. The fourth-order valence-electron chi connectivity index (χ4n) is 4.26. The summed E-state index contributed by atoms with van der Waals surface area (Å²) in [6.07, 6.45) is 1.77. The summed E-state index contributed by atoms with van der Waals surface area (Å²) in [7, 11) is -4.53. The second-order valence-corrected chi connectivity index (χ2v) is 10.9. The van der Waals surface area contributed by atoms with Crippen molar-refractivity contribution in [1.82, 2.24) is 4.72 Å². The van der Waals surface area contributed by atoms with E-state index in [1.165, 1.54) is 30.3 Å². The van der Waals surface area contributed by atoms with Crippen LogP contribution in [0.5, 0.6) is 11.5 Å². The third-order valence-electron chi connectivity index (χ3n) is 6.47. The summed E-state index contributed by atoms with van der Waals surface area (Å²) in [6.45, 7) is 3.38. The van der Waals surface area contributed by atoms with Crippen molar-refractivity contribution in [3.8, 4) is 11.5 Å². The highest BCUT2D eigenvalue weighted by atomic mass is 32.2. The Morgan fingerprint density at radius 3 is 2.40 bits per heavy atom. The van der Waals surface area contributed by atoms with Crippen LogP contribution >= 0.6 is 0 Å². The Morgan fingerprint density at radius 2 is 1.73 bits per heavy atom. The first-order chi connectivity index (χ1) is 19.2. The van der Waals surface area contributed by atoms with Crippen LogP contribution in [-0.4, -0.2) is 44.8 Å². The molecule has 1 saturated heterocycles. The van der Waals surface area contributed by atoms with Gasteiger partial charge in [-0.15, -0.1) is 0 Å². The summed E-state index contributed by atoms with van der Waals surface area (Å²) in [5, 5.41) is 14.8. The van der Waals surface area contributed by atoms with Crippen molar-refractivity contribution >= 4 is 33.1 Å². The average Bonchev–Trinajstić information content (AvgIpc) is 2.96. The van der Waals surface area contributed by atoms with Crippen LogP contribution < -0.4 is 14.8 Å². The molecule has 3 aromatic carbocycles. The molecule has 0 radical (unpaired) electrons. The van der Waals surface area contributed by atoms with Crippen LogP contribution in [0.25, 0.3) is 0 Å². The van der Waals surface area contributed by atoms with Crippen molar-refractivity contribution in [3.05, 3.63) is 88.0 Å². The van der Waals surface area contributed by atoms with Gasteiger partial charge < -0.3 is 14.8 Å². The first kappa shape index (κ1) is 28.7. The molecular formula is C28H29N3O8S. The molecule has 1 aliphatic rings. The van der Waals surface area contributed by atoms with E-state index in [1.54, 1.807) is 37.3 Å². The Balaban J connectivity index is 1.60. The van der Waals surface area contributed by atoms with E-state index in [2.05, 4.69) is 5.32 Å². The Kier molecular flexibility index (Phi) is 9.12. The molecule has 0 aromatic heterocycles. The van der Waals surface area contributed by atoms with Crippen molar-refractivity contribution in [2.75, 3.05) is 25.1 Å². The number of ether oxygens (including phenoxy) is 2. The minimum Gasteiger partial charge on any atom is -0.456 e. The number of carbonyl (C=O) groups is 2. The summed E-state index contributed by atoms with van der Waals surface area (Å²) >= 11 is 0. The van der Waals surface area contributed by atoms with Crippen LogP contribution in [-0.2, 0) is 14.8 Å². The molecule has 40 heavy (non-hydrogen) atoms. The number of rotatable bonds is 11. The van der Waals surface area contributed by atoms with E-state index in [0.717, 1.165) is 18.9 Å². The number of nitro benzene ring substituents is 1. The van der Waals surface area contributed by atoms with Crippen LogP contribution in [0.15, 0.2) is 71.6 Å². The second kappa shape index (κ2) is 12.7. The summed E-state index contributed by atoms with van der Waals surface area (Å²) < 4.78 is 39.5. The molecule has 0 bridgehead atoms. The van der Waals surface area contributed by atoms with E-state index in [4.69, 9.17) is 9.47 Å². The predicted octanol–water partition coefficient (Wildman–Crippen LogP) is 4.94. The number of nitrogens with zero attached hydrogens (tertiary/aromatic N) is 1. The number of ketones is 1. The molecule has 3 aromatic rings. The van der Waals surface area contributed by atoms with E-state index in [0.29, 0.717) is 25.5 Å². The normalized spacial score (nSPS) is 13.8. The average molecular weight is 568 g/mol. The van der Waals surface area contributed by atoms with Crippen LogP contribution in [0, 0.1) is 16.0 Å². The SMILES string of the molecule is CCC(=O)c1cccc(C(=O)NS(=O)(=O)c2ccc(NCC3CCOCC3)c([N+](=O)[O-])c2)c1Oc1ccccc1. The number of nitro groups is 1. The highest BCUT2D eigenvalue weighted by Crippen LogP contribution is 2.32. The smallest absolute Gasteiger partial charge is 0.293 e. The second-order valence-electron chi connectivity index (χ2n) is 9.18. The van der Waals surface area contributed by atoms with Crippen molar-refractivity contribution in [3.63, 3.8) is 0 Å². The molecule has 1 amide bonds. The van der Waals surface area contributed by atoms with Gasteiger partial charge in [-0.05, 0) is 55.2 Å². The van der Waals surface area contributed by atoms with E-state index < -0.39 is 31.4 Å². The van der Waals surface area contributed by atoms with Crippen LogP contribution in [0.3, 0.4) is 0 Å². The Labute approximate surface area is 231 Å². The molecule has 12 heteroatoms. The number of hydrogen-bond donors (Lipinski definition) is 2. The van der Waals surface area contributed by atoms with Crippen molar-refractivity contribution < 1.29 is 32.4 Å². The zero-order chi connectivity index (χ0) is 28.7. The number of para-hydroxylation sites is 2. The number of anilines is 1. The standard InChI is InChI=1S/C28H29N3O8S/c1-2-26(32)22-9-6-10-23(27(22)39-20-7-4-3-5-8-20)28(33)30-40(36,37)21-11-12-24(25(17-21)31(34)35)29-18-19-13-15-38-16-14-19/h3-12,17,19,29H,2,13-16,18H2,1H3,(H,30,33). The minimum absolute atomic E-state index is 0.0908. The first-order valence-corrected chi connectivity index (χ1v) is 14.2. The van der Waals surface area contributed by atoms with Gasteiger partial charge in [0.15, 0.2) is 11.5 Å². The molecule has 2 N–H and O–H groups in total. The fourth-order valence-corrected chi connectivity index (χ4v) is 5.25. The van der Waals surface area contributed by atoms with E-state index in [1.807, 2.05) is 4.72 Å². The number of benzene rings is 3. The molecule has 0 unspecified atom stereocenters. The lowest BCUT2D eigenvalue weighted by molar-refractivity contribution is -0.384. The first-order valence-electron chi connectivity index (χ1n) is 12.8. The van der Waals surface area contributed by atoms with Crippen molar-refractivity contribution in [2.45, 2.75) is 31.1 Å². The van der Waals surface area contributed by atoms with Crippen molar-refractivity contribution in [2.24, 2.45) is 5.92 Å². The maximum atomic E-state index is 13.2. The maximum absolute atomic E-state index is 13.2. The van der Waals surface area contributed by atoms with Gasteiger partial charge in [-0.2, -0.15) is 0 Å². The third kappa shape index (κ3) is 6.82. The van der Waals surface area contributed by atoms with Gasteiger partial charge in [-0.3, -0.25) is 19.7 Å². The molecule has 1 heterocycles. The lowest BCUT2D eigenvalue weighted by atomic mass is 10.0. The quantitative estimate of drug-likeness (QED) is 0.186. The molecule has 1 aliphatic heterocycles. The number of hydrogen-bond acceptors (Lipinski definition) is 9. The van der Waals surface area contributed by atoms with Crippen molar-refractivity contribution in [1.29, 1.82) is 0 Å². The lowest BCUT2D eigenvalue weighted by Crippen LogP contribution is -2.31. The van der Waals surface area contributed by atoms with Gasteiger partial charge in [0, 0.05) is 32.2 Å². The van der Waals surface area contributed by atoms with Crippen LogP contribution in [0.1, 0.15) is 46.9 Å². The zero-order valence-electron chi connectivity index (χ0n) is 21.8. The molecule has 0 aliphatic carbocycles. The van der Waals surface area contributed by atoms with E-state index in [9.17, 15) is 28.1 Å². The number of carbonyl (C=O) groups excluding carboxylic acids is 2. The number of amides is 1. The Morgan fingerprint density at radius 1 is 1.02 bits per heavy atom. The Hall–Kier alpha value is -4.29. The monoisotopic (exact) mass is 567 g/mol. The number of nitrogens with one attached hydrogen (secondary N) is 2. The Bertz CT molecular complexity index is 1500. The maximum Gasteiger partial charge on any atom is 0.293 e. The van der Waals surface area contributed by atoms with Gasteiger partial charge in [0.1, 0.15) is 11.4 Å². The van der Waals surface area contributed by atoms with E-state index >= 15 is 0 Å². The third-order valence-corrected chi connectivity index (χ3v) is 7.80. The minimum atomic E-state index is -4.53. The molecule has 0 spiro atoms. The molecule has 11 nitrogen and oxygen atoms in total. The van der Waals surface area contributed by atoms with Gasteiger partial charge in [0.05, 0.1) is 20.9 Å². The predicted molar refractivity (Wildman–Crippen MR) is 147 cm³/mol. The molecule has 0 saturated carbocycles.